The molecule has 1 saturated heterocycles. The maximum atomic E-state index is 13.1. The predicted molar refractivity (Wildman–Crippen MR) is 120 cm³/mol. The van der Waals surface area contributed by atoms with Crippen LogP contribution < -0.4 is 15.8 Å². The van der Waals surface area contributed by atoms with Gasteiger partial charge in [-0.05, 0) is 54.5 Å². The van der Waals surface area contributed by atoms with Gasteiger partial charge in [0.1, 0.15) is 11.5 Å². The van der Waals surface area contributed by atoms with Crippen molar-refractivity contribution in [1.29, 1.82) is 0 Å². The van der Waals surface area contributed by atoms with E-state index in [1.54, 1.807) is 0 Å². The number of ether oxygens (including phenoxy) is 1. The number of rotatable bonds is 6. The Morgan fingerprint density at radius 3 is 2.52 bits per heavy atom. The van der Waals surface area contributed by atoms with E-state index < -0.39 is 12.1 Å². The minimum Gasteiger partial charge on any atom is -0.457 e. The molecular formula is C25H31N3O3. The van der Waals surface area contributed by atoms with E-state index in [9.17, 15) is 9.59 Å². The number of primary amides is 1. The van der Waals surface area contributed by atoms with E-state index in [0.29, 0.717) is 11.7 Å². The number of likely N-dealkylation sites (tertiary alicyclic amines) is 1. The third-order valence-corrected chi connectivity index (χ3v) is 6.58. The summed E-state index contributed by atoms with van der Waals surface area (Å²) in [5.41, 5.74) is 6.23. The van der Waals surface area contributed by atoms with Crippen LogP contribution in [-0.4, -0.2) is 29.9 Å². The number of amides is 3. The van der Waals surface area contributed by atoms with Gasteiger partial charge in [-0.15, -0.1) is 0 Å². The number of carbonyl (C=O) groups is 2. The van der Waals surface area contributed by atoms with Crippen LogP contribution >= 0.6 is 0 Å². The molecule has 1 saturated carbocycles. The lowest BCUT2D eigenvalue weighted by atomic mass is 9.75. The second-order valence-corrected chi connectivity index (χ2v) is 8.69. The Labute approximate surface area is 183 Å². The molecule has 0 radical (unpaired) electrons. The zero-order valence-electron chi connectivity index (χ0n) is 17.8. The van der Waals surface area contributed by atoms with Gasteiger partial charge in [0.05, 0.1) is 12.5 Å². The number of nitrogens with two attached hydrogens (primary N) is 1. The Balaban J connectivity index is 1.45. The predicted octanol–water partition coefficient (Wildman–Crippen LogP) is 4.62. The number of carbonyl (C=O) groups excluding carboxylic acids is 2. The Bertz CT molecular complexity index is 902. The highest BCUT2D eigenvalue weighted by Gasteiger charge is 2.33. The molecule has 3 amide bonds. The van der Waals surface area contributed by atoms with E-state index in [2.05, 4.69) is 5.32 Å². The Hall–Kier alpha value is -3.02. The zero-order chi connectivity index (χ0) is 21.6. The van der Waals surface area contributed by atoms with E-state index in [0.717, 1.165) is 36.7 Å². The van der Waals surface area contributed by atoms with Gasteiger partial charge in [-0.3, -0.25) is 4.79 Å². The first-order valence-electron chi connectivity index (χ1n) is 11.2. The van der Waals surface area contributed by atoms with E-state index in [4.69, 9.17) is 10.5 Å². The van der Waals surface area contributed by atoms with Crippen LogP contribution in [0.2, 0.25) is 0 Å². The third kappa shape index (κ3) is 5.57. The quantitative estimate of drug-likeness (QED) is 0.714. The van der Waals surface area contributed by atoms with E-state index in [-0.39, 0.29) is 12.3 Å². The molecule has 3 N–H and O–H groups in total. The molecule has 1 aliphatic heterocycles. The van der Waals surface area contributed by atoms with Gasteiger partial charge in [0.2, 0.25) is 5.91 Å². The number of hydrogen-bond donors (Lipinski definition) is 2. The van der Waals surface area contributed by atoms with E-state index in [1.165, 1.54) is 25.7 Å². The van der Waals surface area contributed by atoms with Gasteiger partial charge < -0.3 is 20.7 Å². The van der Waals surface area contributed by atoms with Crippen molar-refractivity contribution in [2.75, 3.05) is 13.1 Å². The lowest BCUT2D eigenvalue weighted by Crippen LogP contribution is -2.46. The van der Waals surface area contributed by atoms with Crippen molar-refractivity contribution in [1.82, 2.24) is 10.2 Å². The van der Waals surface area contributed by atoms with Gasteiger partial charge in [0.15, 0.2) is 0 Å². The molecule has 0 unspecified atom stereocenters. The fourth-order valence-electron chi connectivity index (χ4n) is 4.97. The van der Waals surface area contributed by atoms with Gasteiger partial charge in [0, 0.05) is 13.1 Å². The minimum atomic E-state index is -0.641. The van der Waals surface area contributed by atoms with Crippen LogP contribution in [0.15, 0.2) is 54.6 Å². The molecule has 0 spiro atoms. The molecule has 2 aromatic carbocycles. The average molecular weight is 422 g/mol. The Morgan fingerprint density at radius 1 is 1.00 bits per heavy atom. The second-order valence-electron chi connectivity index (χ2n) is 8.69. The van der Waals surface area contributed by atoms with Crippen molar-refractivity contribution in [2.24, 2.45) is 17.6 Å². The third-order valence-electron chi connectivity index (χ3n) is 6.58. The van der Waals surface area contributed by atoms with Crippen molar-refractivity contribution in [2.45, 2.75) is 44.6 Å². The van der Waals surface area contributed by atoms with Crippen molar-refractivity contribution in [3.8, 4) is 11.5 Å². The summed E-state index contributed by atoms with van der Waals surface area (Å²) < 4.78 is 5.92. The zero-order valence-corrected chi connectivity index (χ0v) is 17.8. The first-order chi connectivity index (χ1) is 15.1. The number of fused-ring (bicyclic) bond motifs is 1. The van der Waals surface area contributed by atoms with Gasteiger partial charge in [-0.2, -0.15) is 0 Å². The van der Waals surface area contributed by atoms with Crippen molar-refractivity contribution >= 4 is 11.9 Å². The largest absolute Gasteiger partial charge is 0.457 e. The first-order valence-corrected chi connectivity index (χ1v) is 11.2. The topological polar surface area (TPSA) is 84.7 Å². The van der Waals surface area contributed by atoms with Crippen LogP contribution in [-0.2, 0) is 4.79 Å². The standard InChI is InChI=1S/C25H31N3O3/c26-25(30)27-23(16-24(29)28-14-13-18-7-4-5-8-20(18)17-28)19-9-6-12-22(15-19)31-21-10-2-1-3-11-21/h1-3,6,9-12,15,18,20,23H,4-5,7-8,13-14,16-17H2,(H3,26,27,30)/t18-,20+,23+/m0/s1. The average Bonchev–Trinajstić information content (AvgIpc) is 2.79. The summed E-state index contributed by atoms with van der Waals surface area (Å²) in [5, 5.41) is 2.75. The molecule has 0 aromatic heterocycles. The highest BCUT2D eigenvalue weighted by Crippen LogP contribution is 2.36. The molecular weight excluding hydrogens is 390 g/mol. The Kier molecular flexibility index (Phi) is 6.75. The number of urea groups is 1. The summed E-state index contributed by atoms with van der Waals surface area (Å²) >= 11 is 0. The molecule has 4 rings (SSSR count). The number of nitrogens with zero attached hydrogens (tertiary/aromatic N) is 1. The van der Waals surface area contributed by atoms with Crippen LogP contribution in [0.25, 0.3) is 0 Å². The van der Waals surface area contributed by atoms with Crippen LogP contribution in [0.4, 0.5) is 4.79 Å². The van der Waals surface area contributed by atoms with Gasteiger partial charge in [-0.1, -0.05) is 49.6 Å². The van der Waals surface area contributed by atoms with Gasteiger partial charge >= 0.3 is 6.03 Å². The molecule has 3 atom stereocenters. The highest BCUT2D eigenvalue weighted by molar-refractivity contribution is 5.79. The molecule has 2 aliphatic rings. The lowest BCUT2D eigenvalue weighted by molar-refractivity contribution is -0.134. The Morgan fingerprint density at radius 2 is 1.74 bits per heavy atom. The summed E-state index contributed by atoms with van der Waals surface area (Å²) in [6.07, 6.45) is 6.38. The van der Waals surface area contributed by atoms with Crippen LogP contribution in [0, 0.1) is 11.8 Å². The summed E-state index contributed by atoms with van der Waals surface area (Å²) in [7, 11) is 0. The lowest BCUT2D eigenvalue weighted by Gasteiger charge is -2.41. The highest BCUT2D eigenvalue weighted by atomic mass is 16.5. The van der Waals surface area contributed by atoms with Crippen LogP contribution in [0.5, 0.6) is 11.5 Å². The molecule has 31 heavy (non-hydrogen) atoms. The summed E-state index contributed by atoms with van der Waals surface area (Å²) in [4.78, 5) is 26.8. The summed E-state index contributed by atoms with van der Waals surface area (Å²) in [5.74, 6) is 2.83. The summed E-state index contributed by atoms with van der Waals surface area (Å²) in [6, 6.07) is 15.8. The first kappa shape index (κ1) is 21.2. The van der Waals surface area contributed by atoms with Crippen molar-refractivity contribution < 1.29 is 14.3 Å². The van der Waals surface area contributed by atoms with Gasteiger partial charge in [0.25, 0.3) is 0 Å². The fourth-order valence-corrected chi connectivity index (χ4v) is 4.97. The molecule has 1 heterocycles. The smallest absolute Gasteiger partial charge is 0.312 e. The van der Waals surface area contributed by atoms with Gasteiger partial charge in [-0.25, -0.2) is 4.79 Å². The summed E-state index contributed by atoms with van der Waals surface area (Å²) in [6.45, 7) is 1.64. The fraction of sp³-hybridized carbons (Fsp3) is 0.440. The monoisotopic (exact) mass is 421 g/mol. The molecule has 2 aromatic rings. The number of hydrogen-bond acceptors (Lipinski definition) is 3. The van der Waals surface area contributed by atoms with Crippen LogP contribution in [0.1, 0.15) is 50.1 Å². The molecule has 6 nitrogen and oxygen atoms in total. The molecule has 1 aliphatic carbocycles. The van der Waals surface area contributed by atoms with E-state index in [1.807, 2.05) is 59.5 Å². The van der Waals surface area contributed by atoms with Crippen molar-refractivity contribution in [3.05, 3.63) is 60.2 Å². The van der Waals surface area contributed by atoms with Crippen LogP contribution in [0.3, 0.4) is 0 Å². The minimum absolute atomic E-state index is 0.0668. The number of nitrogens with one attached hydrogen (secondary N) is 1. The van der Waals surface area contributed by atoms with Crippen molar-refractivity contribution in [3.63, 3.8) is 0 Å². The second kappa shape index (κ2) is 9.86. The maximum Gasteiger partial charge on any atom is 0.312 e. The molecule has 164 valence electrons. The molecule has 0 bridgehead atoms. The maximum absolute atomic E-state index is 13.1. The van der Waals surface area contributed by atoms with E-state index >= 15 is 0 Å². The normalized spacial score (nSPS) is 21.6. The molecule has 6 heteroatoms. The number of benzene rings is 2. The molecule has 2 fully saturated rings. The number of piperidine rings is 1. The number of para-hydroxylation sites is 1. The SMILES string of the molecule is NC(=O)N[C@H](CC(=O)N1CC[C@@H]2CCCC[C@@H]2C1)c1cccc(Oc2ccccc2)c1.